The maximum Gasteiger partial charge on any atom is 0.453 e. The quantitative estimate of drug-likeness (QED) is 0.166. The van der Waals surface area contributed by atoms with Gasteiger partial charge in [0.2, 0.25) is 0 Å². The van der Waals surface area contributed by atoms with Crippen LogP contribution in [0.25, 0.3) is 0 Å². The van der Waals surface area contributed by atoms with Gasteiger partial charge in [0.1, 0.15) is 11.9 Å². The highest BCUT2D eigenvalue weighted by Gasteiger charge is 2.56. The number of rotatable bonds is 14. The molecule has 2 saturated carbocycles. The van der Waals surface area contributed by atoms with Gasteiger partial charge in [-0.2, -0.15) is 33.7 Å². The van der Waals surface area contributed by atoms with Gasteiger partial charge in [0.05, 0.1) is 6.10 Å². The lowest BCUT2D eigenvalue weighted by molar-refractivity contribution is -0.284. The topological polar surface area (TPSA) is 43.7 Å². The van der Waals surface area contributed by atoms with E-state index in [-0.39, 0.29) is 29.9 Å². The molecule has 0 aromatic heterocycles. The number of fused-ring (bicyclic) bond motifs is 5. The van der Waals surface area contributed by atoms with Gasteiger partial charge in [-0.05, 0) is 130 Å². The Bertz CT molecular complexity index is 978. The summed E-state index contributed by atoms with van der Waals surface area (Å²) < 4.78 is 78.2. The number of phenols is 1. The van der Waals surface area contributed by atoms with Crippen LogP contribution in [0.15, 0.2) is 18.2 Å². The SMILES string of the molecule is CN(CCCCCC1Cc2cc(O)ccc2C2C1C1CC[C@H](O)C1C[C@@H]2F)CCCSCCCC(F)(F)C(F)(F)F. The Balaban J connectivity index is 1.16. The molecule has 0 amide bonds. The molecule has 0 heterocycles. The maximum absolute atomic E-state index is 15.6. The largest absolute Gasteiger partial charge is 0.508 e. The van der Waals surface area contributed by atoms with Crippen molar-refractivity contribution >= 4 is 11.8 Å². The molecule has 7 atom stereocenters. The van der Waals surface area contributed by atoms with E-state index in [1.54, 1.807) is 6.07 Å². The molecule has 3 nitrogen and oxygen atoms in total. The second-order valence-electron chi connectivity index (χ2n) is 12.6. The van der Waals surface area contributed by atoms with Gasteiger partial charge in [-0.25, -0.2) is 4.39 Å². The van der Waals surface area contributed by atoms with Crippen molar-refractivity contribution in [3.05, 3.63) is 29.3 Å². The first-order valence-electron chi connectivity index (χ1n) is 15.2. The minimum Gasteiger partial charge on any atom is -0.508 e. The smallest absolute Gasteiger partial charge is 0.453 e. The van der Waals surface area contributed by atoms with Crippen molar-refractivity contribution in [3.8, 4) is 5.75 Å². The number of aromatic hydroxyl groups is 1. The average Bonchev–Trinajstić information content (AvgIpc) is 3.26. The van der Waals surface area contributed by atoms with Gasteiger partial charge in [-0.15, -0.1) is 0 Å². The molecule has 5 unspecified atom stereocenters. The zero-order valence-electron chi connectivity index (χ0n) is 23.9. The van der Waals surface area contributed by atoms with Crippen LogP contribution in [-0.2, 0) is 6.42 Å². The lowest BCUT2D eigenvalue weighted by Crippen LogP contribution is -2.46. The summed E-state index contributed by atoms with van der Waals surface area (Å²) in [4.78, 5) is 2.23. The highest BCUT2D eigenvalue weighted by molar-refractivity contribution is 7.99. The normalized spacial score (nSPS) is 29.8. The Morgan fingerprint density at radius 1 is 0.951 bits per heavy atom. The molecular formula is C31H45F6NO2S. The number of thioether (sulfide) groups is 1. The van der Waals surface area contributed by atoms with E-state index in [1.807, 2.05) is 19.2 Å². The van der Waals surface area contributed by atoms with Gasteiger partial charge < -0.3 is 15.1 Å². The van der Waals surface area contributed by atoms with Crippen LogP contribution >= 0.6 is 11.8 Å². The summed E-state index contributed by atoms with van der Waals surface area (Å²) in [6.45, 7) is 1.78. The lowest BCUT2D eigenvalue weighted by Gasteiger charge is -2.50. The van der Waals surface area contributed by atoms with Crippen LogP contribution in [0.1, 0.15) is 81.3 Å². The third-order valence-corrected chi connectivity index (χ3v) is 10.9. The molecule has 3 aliphatic carbocycles. The van der Waals surface area contributed by atoms with E-state index in [0.717, 1.165) is 81.3 Å². The van der Waals surface area contributed by atoms with Crippen LogP contribution in [0.3, 0.4) is 0 Å². The first-order chi connectivity index (χ1) is 19.4. The molecule has 10 heteroatoms. The molecule has 234 valence electrons. The molecule has 2 fully saturated rings. The van der Waals surface area contributed by atoms with Crippen LogP contribution in [0.2, 0.25) is 0 Å². The first kappa shape index (κ1) is 32.8. The summed E-state index contributed by atoms with van der Waals surface area (Å²) in [5, 5.41) is 20.6. The van der Waals surface area contributed by atoms with Crippen LogP contribution < -0.4 is 0 Å². The number of phenolic OH excluding ortho intramolecular Hbond substituents is 1. The molecule has 41 heavy (non-hydrogen) atoms. The number of benzene rings is 1. The number of nitrogens with zero attached hydrogens (tertiary/aromatic N) is 1. The number of aliphatic hydroxyl groups is 1. The van der Waals surface area contributed by atoms with E-state index < -0.39 is 30.8 Å². The molecule has 0 spiro atoms. The molecular weight excluding hydrogens is 564 g/mol. The molecule has 0 saturated heterocycles. The Morgan fingerprint density at radius 3 is 2.44 bits per heavy atom. The van der Waals surface area contributed by atoms with E-state index in [2.05, 4.69) is 4.90 Å². The zero-order valence-corrected chi connectivity index (χ0v) is 24.7. The first-order valence-corrected chi connectivity index (χ1v) is 16.4. The van der Waals surface area contributed by atoms with Crippen molar-refractivity contribution in [2.75, 3.05) is 31.6 Å². The fraction of sp³-hybridized carbons (Fsp3) is 0.806. The average molecular weight is 610 g/mol. The summed E-state index contributed by atoms with van der Waals surface area (Å²) in [6.07, 6.45) is -0.129. The van der Waals surface area contributed by atoms with Crippen molar-refractivity contribution in [2.24, 2.45) is 23.7 Å². The van der Waals surface area contributed by atoms with E-state index in [0.29, 0.717) is 24.0 Å². The molecule has 3 aliphatic rings. The van der Waals surface area contributed by atoms with Gasteiger partial charge in [-0.3, -0.25) is 0 Å². The van der Waals surface area contributed by atoms with E-state index in [9.17, 15) is 32.2 Å². The predicted octanol–water partition coefficient (Wildman–Crippen LogP) is 7.99. The van der Waals surface area contributed by atoms with Crippen LogP contribution in [-0.4, -0.2) is 71.1 Å². The number of aliphatic hydroxyl groups excluding tert-OH is 1. The highest BCUT2D eigenvalue weighted by Crippen LogP contribution is 2.58. The molecule has 0 bridgehead atoms. The van der Waals surface area contributed by atoms with Crippen LogP contribution in [0.5, 0.6) is 5.75 Å². The maximum atomic E-state index is 15.6. The molecule has 0 aliphatic heterocycles. The van der Waals surface area contributed by atoms with Crippen LogP contribution in [0, 0.1) is 23.7 Å². The molecule has 2 N–H and O–H groups in total. The number of unbranched alkanes of at least 4 members (excludes halogenated alkanes) is 2. The minimum absolute atomic E-state index is 0.0556. The van der Waals surface area contributed by atoms with Gasteiger partial charge in [0, 0.05) is 12.3 Å². The van der Waals surface area contributed by atoms with E-state index in [1.165, 1.54) is 11.8 Å². The van der Waals surface area contributed by atoms with Gasteiger partial charge in [0.25, 0.3) is 0 Å². The number of halogens is 6. The molecule has 0 radical (unpaired) electrons. The fourth-order valence-corrected chi connectivity index (χ4v) is 8.69. The monoisotopic (exact) mass is 609 g/mol. The second-order valence-corrected chi connectivity index (χ2v) is 13.8. The third kappa shape index (κ3) is 8.08. The van der Waals surface area contributed by atoms with Crippen molar-refractivity contribution in [2.45, 2.75) is 101 Å². The Labute approximate surface area is 244 Å². The van der Waals surface area contributed by atoms with E-state index in [4.69, 9.17) is 0 Å². The standard InChI is InChI=1S/C31H45F6NO2S/c1-38(14-6-16-41-15-5-12-30(33,34)31(35,36)37)13-4-2-3-7-20-17-21-18-22(39)8-9-23(21)29-26(32)19-25-24(28(20)29)10-11-27(25)40/h8-9,18,20,24-29,39-40H,2-7,10-17,19H2,1H3/t20?,24?,25?,26-,27-,28?,29?/m0/s1. The second kappa shape index (κ2) is 14.1. The Kier molecular flexibility index (Phi) is 11.3. The predicted molar refractivity (Wildman–Crippen MR) is 151 cm³/mol. The third-order valence-electron chi connectivity index (χ3n) is 9.79. The van der Waals surface area contributed by atoms with Gasteiger partial charge >= 0.3 is 12.1 Å². The van der Waals surface area contributed by atoms with Gasteiger partial charge in [-0.1, -0.05) is 18.9 Å². The summed E-state index contributed by atoms with van der Waals surface area (Å²) >= 11 is 1.42. The number of alkyl halides is 6. The summed E-state index contributed by atoms with van der Waals surface area (Å²) in [6, 6.07) is 5.40. The Morgan fingerprint density at radius 2 is 1.68 bits per heavy atom. The number of hydrogen-bond donors (Lipinski definition) is 2. The summed E-state index contributed by atoms with van der Waals surface area (Å²) in [7, 11) is 2.04. The van der Waals surface area contributed by atoms with Crippen LogP contribution in [0.4, 0.5) is 26.3 Å². The molecule has 1 aromatic carbocycles. The van der Waals surface area contributed by atoms with Crippen molar-refractivity contribution < 1.29 is 36.6 Å². The van der Waals surface area contributed by atoms with Crippen molar-refractivity contribution in [1.29, 1.82) is 0 Å². The van der Waals surface area contributed by atoms with E-state index >= 15 is 4.39 Å². The van der Waals surface area contributed by atoms with Crippen molar-refractivity contribution in [1.82, 2.24) is 4.90 Å². The summed E-state index contributed by atoms with van der Waals surface area (Å²) in [5.41, 5.74) is 2.12. The zero-order chi connectivity index (χ0) is 29.8. The molecule has 4 rings (SSSR count). The fourth-order valence-electron chi connectivity index (χ4n) is 7.81. The molecule has 1 aromatic rings. The summed E-state index contributed by atoms with van der Waals surface area (Å²) in [5.74, 6) is -2.50. The van der Waals surface area contributed by atoms with Crippen molar-refractivity contribution in [3.63, 3.8) is 0 Å². The highest BCUT2D eigenvalue weighted by atomic mass is 32.2. The lowest BCUT2D eigenvalue weighted by atomic mass is 9.55. The minimum atomic E-state index is -5.47. The Hall–Kier alpha value is -1.13. The number of hydrogen-bond acceptors (Lipinski definition) is 4. The van der Waals surface area contributed by atoms with Gasteiger partial charge in [0.15, 0.2) is 0 Å².